The fourth-order valence-electron chi connectivity index (χ4n) is 2.80. The van der Waals surface area contributed by atoms with Gasteiger partial charge in [0, 0.05) is 16.7 Å². The van der Waals surface area contributed by atoms with Gasteiger partial charge in [-0.1, -0.05) is 31.2 Å². The number of ether oxygens (including phenoxy) is 2. The molecule has 2 aromatic rings. The van der Waals surface area contributed by atoms with Gasteiger partial charge in [0.2, 0.25) is 6.29 Å². The van der Waals surface area contributed by atoms with E-state index in [-0.39, 0.29) is 5.75 Å². The monoisotopic (exact) mass is 335 g/mol. The number of carboxylic acid groups (broad SMARTS) is 1. The van der Waals surface area contributed by atoms with E-state index in [1.165, 1.54) is 19.1 Å². The van der Waals surface area contributed by atoms with Gasteiger partial charge in [-0.15, -0.1) is 0 Å². The van der Waals surface area contributed by atoms with Crippen molar-refractivity contribution in [2.45, 2.75) is 31.5 Å². The number of aliphatic hydroxyl groups excluding tert-OH is 2. The lowest BCUT2D eigenvalue weighted by Gasteiger charge is -2.39. The average Bonchev–Trinajstić information content (AvgIpc) is 2.57. The van der Waals surface area contributed by atoms with E-state index in [1.54, 1.807) is 24.3 Å². The summed E-state index contributed by atoms with van der Waals surface area (Å²) >= 11 is 0. The third-order valence-corrected chi connectivity index (χ3v) is 4.26. The summed E-state index contributed by atoms with van der Waals surface area (Å²) in [5.41, 5.74) is 0. The Morgan fingerprint density at radius 1 is 1.12 bits per heavy atom. The van der Waals surface area contributed by atoms with Crippen LogP contribution in [0.3, 0.4) is 0 Å². The Kier molecular flexibility index (Phi) is 4.40. The van der Waals surface area contributed by atoms with Crippen molar-refractivity contribution >= 4 is 16.7 Å². The molecule has 0 radical (unpaired) electrons. The molecule has 0 aromatic heterocycles. The molecule has 1 heterocycles. The summed E-state index contributed by atoms with van der Waals surface area (Å²) in [6.45, 7) is 1.51. The maximum atomic E-state index is 13.9. The van der Waals surface area contributed by atoms with Gasteiger partial charge in [-0.3, -0.25) is 0 Å². The molecule has 1 saturated heterocycles. The number of rotatable bonds is 3. The van der Waals surface area contributed by atoms with Crippen molar-refractivity contribution in [3.05, 3.63) is 42.2 Å². The van der Waals surface area contributed by atoms with Crippen LogP contribution in [0.2, 0.25) is 0 Å². The largest absolute Gasteiger partial charge is 0.479 e. The molecule has 6 nitrogen and oxygen atoms in total. The van der Waals surface area contributed by atoms with Crippen molar-refractivity contribution in [1.29, 1.82) is 0 Å². The highest BCUT2D eigenvalue weighted by Gasteiger charge is 2.46. The molecule has 24 heavy (non-hydrogen) atoms. The SMILES string of the molecule is CC1C(O)C(Oc2ccc([18F])c3ccccc23)OC(C(=O)O)C1O. The van der Waals surface area contributed by atoms with Crippen LogP contribution in [0.25, 0.3) is 10.8 Å². The fraction of sp³-hybridized carbons (Fsp3) is 0.353. The Morgan fingerprint density at radius 2 is 1.79 bits per heavy atom. The van der Waals surface area contributed by atoms with E-state index in [4.69, 9.17) is 14.6 Å². The molecule has 2 aromatic carbocycles. The second-order valence-corrected chi connectivity index (χ2v) is 5.81. The first-order valence-electron chi connectivity index (χ1n) is 7.48. The van der Waals surface area contributed by atoms with Crippen LogP contribution in [0.15, 0.2) is 36.4 Å². The van der Waals surface area contributed by atoms with Gasteiger partial charge in [0.05, 0.1) is 6.10 Å². The topological polar surface area (TPSA) is 96.2 Å². The molecular formula is C17H17FO6. The number of aliphatic carboxylic acids is 1. The summed E-state index contributed by atoms with van der Waals surface area (Å²) in [4.78, 5) is 11.2. The van der Waals surface area contributed by atoms with Crippen molar-refractivity contribution in [3.8, 4) is 5.75 Å². The lowest BCUT2D eigenvalue weighted by atomic mass is 9.90. The van der Waals surface area contributed by atoms with E-state index < -0.39 is 42.3 Å². The third kappa shape index (κ3) is 2.82. The average molecular weight is 335 g/mol. The number of fused-ring (bicyclic) bond motifs is 1. The van der Waals surface area contributed by atoms with E-state index >= 15 is 0 Å². The number of carbonyl (C=O) groups is 1. The predicted octanol–water partition coefficient (Wildman–Crippen LogP) is 1.53. The molecule has 3 N–H and O–H groups in total. The Morgan fingerprint density at radius 3 is 2.46 bits per heavy atom. The van der Waals surface area contributed by atoms with Crippen molar-refractivity contribution < 1.29 is 34.0 Å². The molecule has 3 rings (SSSR count). The lowest BCUT2D eigenvalue weighted by Crippen LogP contribution is -2.57. The van der Waals surface area contributed by atoms with Crippen LogP contribution < -0.4 is 4.74 Å². The molecule has 1 aliphatic heterocycles. The van der Waals surface area contributed by atoms with Crippen LogP contribution in [-0.4, -0.2) is 45.9 Å². The Hall–Kier alpha value is -2.22. The Bertz CT molecular complexity index is 764. The van der Waals surface area contributed by atoms with Gasteiger partial charge >= 0.3 is 5.97 Å². The number of hydrogen-bond acceptors (Lipinski definition) is 5. The number of aliphatic hydroxyl groups is 2. The standard InChI is InChI=1S/C17H17FO6/c1-8-13(19)15(16(21)22)24-17(14(8)20)23-12-7-6-11(18)9-4-2-3-5-10(9)12/h2-8,13-15,17,19-20H,1H3,(H,21,22)/i18-1. The molecule has 1 aliphatic rings. The first-order chi connectivity index (χ1) is 11.4. The van der Waals surface area contributed by atoms with Crippen LogP contribution in [0.5, 0.6) is 5.75 Å². The number of halogens is 1. The van der Waals surface area contributed by atoms with E-state index in [0.29, 0.717) is 10.8 Å². The van der Waals surface area contributed by atoms with E-state index in [1.807, 2.05) is 0 Å². The summed E-state index contributed by atoms with van der Waals surface area (Å²) in [7, 11) is 0. The van der Waals surface area contributed by atoms with Gasteiger partial charge in [0.1, 0.15) is 17.7 Å². The summed E-state index contributed by atoms with van der Waals surface area (Å²) in [6.07, 6.45) is -5.40. The zero-order valence-electron chi connectivity index (χ0n) is 12.8. The molecule has 5 atom stereocenters. The van der Waals surface area contributed by atoms with Crippen LogP contribution in [0, 0.1) is 11.7 Å². The molecule has 0 amide bonds. The molecule has 7 heteroatoms. The van der Waals surface area contributed by atoms with Crippen molar-refractivity contribution in [3.63, 3.8) is 0 Å². The molecule has 0 saturated carbocycles. The Balaban J connectivity index is 1.93. The van der Waals surface area contributed by atoms with Crippen molar-refractivity contribution in [2.24, 2.45) is 5.92 Å². The molecule has 0 aliphatic carbocycles. The molecule has 128 valence electrons. The summed E-state index contributed by atoms with van der Waals surface area (Å²) < 4.78 is 24.7. The highest BCUT2D eigenvalue weighted by atomic mass is 18.2. The van der Waals surface area contributed by atoms with Crippen molar-refractivity contribution in [1.82, 2.24) is 0 Å². The zero-order valence-corrected chi connectivity index (χ0v) is 12.8. The van der Waals surface area contributed by atoms with Gasteiger partial charge in [-0.2, -0.15) is 0 Å². The van der Waals surface area contributed by atoms with Gasteiger partial charge < -0.3 is 24.8 Å². The first-order valence-corrected chi connectivity index (χ1v) is 7.48. The maximum Gasteiger partial charge on any atom is 0.335 e. The molecule has 5 unspecified atom stereocenters. The molecule has 1 fully saturated rings. The minimum Gasteiger partial charge on any atom is -0.479 e. The van der Waals surface area contributed by atoms with Crippen molar-refractivity contribution in [2.75, 3.05) is 0 Å². The van der Waals surface area contributed by atoms with Gasteiger partial charge in [-0.05, 0) is 12.1 Å². The quantitative estimate of drug-likeness (QED) is 0.787. The van der Waals surface area contributed by atoms with Crippen LogP contribution >= 0.6 is 0 Å². The van der Waals surface area contributed by atoms with Gasteiger partial charge in [0.15, 0.2) is 6.10 Å². The third-order valence-electron chi connectivity index (χ3n) is 4.26. The predicted molar refractivity (Wildman–Crippen MR) is 82.0 cm³/mol. The van der Waals surface area contributed by atoms with E-state index in [9.17, 15) is 19.4 Å². The number of benzene rings is 2. The van der Waals surface area contributed by atoms with Crippen LogP contribution in [0.4, 0.5) is 4.39 Å². The fourth-order valence-corrected chi connectivity index (χ4v) is 2.80. The summed E-state index contributed by atoms with van der Waals surface area (Å²) in [6, 6.07) is 9.23. The number of hydrogen-bond donors (Lipinski definition) is 3. The molecule has 0 bridgehead atoms. The lowest BCUT2D eigenvalue weighted by molar-refractivity contribution is -0.255. The zero-order chi connectivity index (χ0) is 17.4. The highest BCUT2D eigenvalue weighted by molar-refractivity contribution is 5.88. The highest BCUT2D eigenvalue weighted by Crippen LogP contribution is 2.32. The van der Waals surface area contributed by atoms with Crippen LogP contribution in [0.1, 0.15) is 6.92 Å². The minimum absolute atomic E-state index is 0.253. The smallest absolute Gasteiger partial charge is 0.335 e. The van der Waals surface area contributed by atoms with Gasteiger partial charge in [0.25, 0.3) is 0 Å². The first kappa shape index (κ1) is 16.6. The normalized spacial score (nSPS) is 30.2. The van der Waals surface area contributed by atoms with E-state index in [2.05, 4.69) is 0 Å². The van der Waals surface area contributed by atoms with Crippen LogP contribution in [-0.2, 0) is 9.53 Å². The maximum absolute atomic E-state index is 13.9. The van der Waals surface area contributed by atoms with Gasteiger partial charge in [-0.25, -0.2) is 9.18 Å². The summed E-state index contributed by atoms with van der Waals surface area (Å²) in [5.74, 6) is -2.28. The summed E-state index contributed by atoms with van der Waals surface area (Å²) in [5, 5.41) is 30.1. The minimum atomic E-state index is -1.51. The second kappa shape index (κ2) is 6.35. The van der Waals surface area contributed by atoms with E-state index in [0.717, 1.165) is 0 Å². The second-order valence-electron chi connectivity index (χ2n) is 5.81. The molecule has 0 spiro atoms. The Labute approximate surface area is 137 Å². The number of carboxylic acids is 1. The molecular weight excluding hydrogens is 318 g/mol.